The maximum Gasteiger partial charge on any atom is 0.332 e. The second-order valence-electron chi connectivity index (χ2n) is 8.90. The number of hydrogen-bond acceptors (Lipinski definition) is 4. The summed E-state index contributed by atoms with van der Waals surface area (Å²) in [4.78, 5) is 33.6. The van der Waals surface area contributed by atoms with Gasteiger partial charge in [0.2, 0.25) is 5.95 Å². The SMILES string of the molecule is Cc1ccc(N2CC(C)Cn3c2nc2c3c(=O)n(Cc3ccccc3)c(=O)n2C)cc1C. The Morgan fingerprint density at radius 3 is 2.47 bits per heavy atom. The van der Waals surface area contributed by atoms with Crippen molar-refractivity contribution in [2.24, 2.45) is 13.0 Å². The number of hydrogen-bond donors (Lipinski definition) is 0. The summed E-state index contributed by atoms with van der Waals surface area (Å²) in [5, 5.41) is 0. The van der Waals surface area contributed by atoms with Crippen LogP contribution in [0.1, 0.15) is 23.6 Å². The van der Waals surface area contributed by atoms with E-state index in [2.05, 4.69) is 43.9 Å². The molecule has 0 saturated heterocycles. The Morgan fingerprint density at radius 1 is 1.00 bits per heavy atom. The first-order valence-corrected chi connectivity index (χ1v) is 10.9. The Bertz CT molecular complexity index is 1450. The molecule has 1 aliphatic heterocycles. The molecule has 1 atom stereocenters. The van der Waals surface area contributed by atoms with Crippen LogP contribution >= 0.6 is 0 Å². The number of benzene rings is 2. The van der Waals surface area contributed by atoms with E-state index in [4.69, 9.17) is 4.98 Å². The third-order valence-corrected chi connectivity index (χ3v) is 6.43. The van der Waals surface area contributed by atoms with Gasteiger partial charge >= 0.3 is 5.69 Å². The third kappa shape index (κ3) is 3.16. The molecule has 164 valence electrons. The molecule has 5 rings (SSSR count). The Labute approximate surface area is 186 Å². The van der Waals surface area contributed by atoms with Crippen LogP contribution in [0.3, 0.4) is 0 Å². The van der Waals surface area contributed by atoms with E-state index in [1.165, 1.54) is 20.3 Å². The predicted octanol–water partition coefficient (Wildman–Crippen LogP) is 3.35. The summed E-state index contributed by atoms with van der Waals surface area (Å²) in [5.74, 6) is 1.03. The molecular weight excluding hydrogens is 402 g/mol. The highest BCUT2D eigenvalue weighted by molar-refractivity contribution is 5.77. The van der Waals surface area contributed by atoms with Gasteiger partial charge in [-0.3, -0.25) is 13.9 Å². The zero-order valence-electron chi connectivity index (χ0n) is 18.9. The van der Waals surface area contributed by atoms with Crippen molar-refractivity contribution in [1.29, 1.82) is 0 Å². The molecule has 1 aliphatic rings. The monoisotopic (exact) mass is 429 g/mol. The number of rotatable bonds is 3. The number of imidazole rings is 1. The van der Waals surface area contributed by atoms with Gasteiger partial charge in [-0.15, -0.1) is 0 Å². The number of aromatic nitrogens is 4. The highest BCUT2D eigenvalue weighted by atomic mass is 16.2. The molecule has 2 aromatic carbocycles. The maximum absolute atomic E-state index is 13.6. The van der Waals surface area contributed by atoms with E-state index in [0.717, 1.165) is 17.8 Å². The van der Waals surface area contributed by atoms with E-state index < -0.39 is 0 Å². The first-order chi connectivity index (χ1) is 15.3. The van der Waals surface area contributed by atoms with E-state index in [9.17, 15) is 9.59 Å². The van der Waals surface area contributed by atoms with Crippen molar-refractivity contribution in [3.63, 3.8) is 0 Å². The van der Waals surface area contributed by atoms with Crippen molar-refractivity contribution in [2.75, 3.05) is 11.4 Å². The Kier molecular flexibility index (Phi) is 4.77. The van der Waals surface area contributed by atoms with Crippen LogP contribution in [0, 0.1) is 19.8 Å². The molecule has 0 bridgehead atoms. The van der Waals surface area contributed by atoms with Gasteiger partial charge in [-0.2, -0.15) is 4.98 Å². The van der Waals surface area contributed by atoms with Gasteiger partial charge in [-0.05, 0) is 48.6 Å². The fourth-order valence-electron chi connectivity index (χ4n) is 4.52. The smallest absolute Gasteiger partial charge is 0.312 e. The molecule has 0 N–H and O–H groups in total. The fraction of sp³-hybridized carbons (Fsp3) is 0.320. The van der Waals surface area contributed by atoms with Gasteiger partial charge in [0.15, 0.2) is 11.2 Å². The second-order valence-corrected chi connectivity index (χ2v) is 8.90. The minimum atomic E-state index is -0.354. The highest BCUT2D eigenvalue weighted by Crippen LogP contribution is 2.33. The molecule has 7 nitrogen and oxygen atoms in total. The molecule has 0 saturated carbocycles. The summed E-state index contributed by atoms with van der Waals surface area (Å²) in [6.45, 7) is 8.09. The predicted molar refractivity (Wildman–Crippen MR) is 127 cm³/mol. The van der Waals surface area contributed by atoms with Crippen LogP contribution in [-0.2, 0) is 20.1 Å². The maximum atomic E-state index is 13.6. The van der Waals surface area contributed by atoms with Gasteiger partial charge < -0.3 is 9.47 Å². The third-order valence-electron chi connectivity index (χ3n) is 6.43. The molecule has 0 amide bonds. The molecule has 4 aromatic rings. The number of aryl methyl sites for hydroxylation is 3. The van der Waals surface area contributed by atoms with Crippen molar-refractivity contribution in [2.45, 2.75) is 33.9 Å². The lowest BCUT2D eigenvalue weighted by Crippen LogP contribution is -2.40. The lowest BCUT2D eigenvalue weighted by molar-refractivity contribution is 0.458. The van der Waals surface area contributed by atoms with Crippen molar-refractivity contribution < 1.29 is 0 Å². The summed E-state index contributed by atoms with van der Waals surface area (Å²) >= 11 is 0. The molecule has 0 fully saturated rings. The normalized spacial score (nSPS) is 15.9. The van der Waals surface area contributed by atoms with Crippen LogP contribution in [0.15, 0.2) is 58.1 Å². The molecule has 7 heteroatoms. The average Bonchev–Trinajstić information content (AvgIpc) is 3.17. The molecular formula is C25H27N5O2. The Morgan fingerprint density at radius 2 is 1.75 bits per heavy atom. The van der Waals surface area contributed by atoms with Crippen LogP contribution in [0.25, 0.3) is 11.2 Å². The van der Waals surface area contributed by atoms with Crippen LogP contribution in [0.2, 0.25) is 0 Å². The zero-order valence-corrected chi connectivity index (χ0v) is 18.9. The van der Waals surface area contributed by atoms with Gasteiger partial charge in [-0.1, -0.05) is 43.3 Å². The van der Waals surface area contributed by atoms with E-state index in [-0.39, 0.29) is 17.8 Å². The summed E-state index contributed by atoms with van der Waals surface area (Å²) in [7, 11) is 1.69. The lowest BCUT2D eigenvalue weighted by Gasteiger charge is -2.33. The number of fused-ring (bicyclic) bond motifs is 3. The van der Waals surface area contributed by atoms with Gasteiger partial charge in [0.25, 0.3) is 5.56 Å². The van der Waals surface area contributed by atoms with E-state index in [0.29, 0.717) is 29.6 Å². The molecule has 32 heavy (non-hydrogen) atoms. The average molecular weight is 430 g/mol. The topological polar surface area (TPSA) is 65.1 Å². The molecule has 2 aromatic heterocycles. The summed E-state index contributed by atoms with van der Waals surface area (Å²) in [5.41, 5.74) is 4.67. The highest BCUT2D eigenvalue weighted by Gasteiger charge is 2.30. The van der Waals surface area contributed by atoms with Crippen LogP contribution in [-0.4, -0.2) is 25.2 Å². The molecule has 3 heterocycles. The van der Waals surface area contributed by atoms with Gasteiger partial charge in [0.1, 0.15) is 0 Å². The lowest BCUT2D eigenvalue weighted by atomic mass is 10.1. The van der Waals surface area contributed by atoms with E-state index in [1.807, 2.05) is 34.9 Å². The zero-order chi connectivity index (χ0) is 22.6. The van der Waals surface area contributed by atoms with Crippen molar-refractivity contribution >= 4 is 22.8 Å². The molecule has 0 radical (unpaired) electrons. The second kappa shape index (κ2) is 7.51. The first kappa shape index (κ1) is 20.3. The Hall–Kier alpha value is -3.61. The minimum Gasteiger partial charge on any atom is -0.312 e. The molecule has 0 aliphatic carbocycles. The standard InChI is InChI=1S/C25H27N5O2/c1-16-13-28(20-11-10-17(2)18(3)12-20)24-26-22-21(29(24)14-16)23(31)30(25(32)27(22)4)15-19-8-6-5-7-9-19/h5-12,16H,13-15H2,1-4H3. The van der Waals surface area contributed by atoms with Crippen LogP contribution in [0.4, 0.5) is 11.6 Å². The first-order valence-electron chi connectivity index (χ1n) is 10.9. The Balaban J connectivity index is 1.73. The van der Waals surface area contributed by atoms with Crippen LogP contribution < -0.4 is 16.1 Å². The molecule has 1 unspecified atom stereocenters. The van der Waals surface area contributed by atoms with Crippen LogP contribution in [0.5, 0.6) is 0 Å². The van der Waals surface area contributed by atoms with E-state index in [1.54, 1.807) is 7.05 Å². The van der Waals surface area contributed by atoms with Crippen molar-refractivity contribution in [3.05, 3.63) is 86.1 Å². The van der Waals surface area contributed by atoms with Crippen molar-refractivity contribution in [1.82, 2.24) is 18.7 Å². The fourth-order valence-corrected chi connectivity index (χ4v) is 4.52. The molecule has 0 spiro atoms. The number of nitrogens with zero attached hydrogens (tertiary/aromatic N) is 5. The van der Waals surface area contributed by atoms with Crippen molar-refractivity contribution in [3.8, 4) is 0 Å². The summed E-state index contributed by atoms with van der Waals surface area (Å²) in [6.07, 6.45) is 0. The largest absolute Gasteiger partial charge is 0.332 e. The minimum absolute atomic E-state index is 0.235. The van der Waals surface area contributed by atoms with Gasteiger partial charge in [0, 0.05) is 25.8 Å². The van der Waals surface area contributed by atoms with Gasteiger partial charge in [-0.25, -0.2) is 4.79 Å². The number of anilines is 2. The van der Waals surface area contributed by atoms with Gasteiger partial charge in [0.05, 0.1) is 6.54 Å². The van der Waals surface area contributed by atoms with E-state index >= 15 is 0 Å². The summed E-state index contributed by atoms with van der Waals surface area (Å²) < 4.78 is 4.79. The quantitative estimate of drug-likeness (QED) is 0.501. The summed E-state index contributed by atoms with van der Waals surface area (Å²) in [6, 6.07) is 15.9.